The second kappa shape index (κ2) is 9.98. The van der Waals surface area contributed by atoms with Gasteiger partial charge in [-0.1, -0.05) is 18.9 Å². The van der Waals surface area contributed by atoms with E-state index in [1.807, 2.05) is 11.0 Å². The van der Waals surface area contributed by atoms with E-state index < -0.39 is 0 Å². The van der Waals surface area contributed by atoms with Crippen LogP contribution in [0.2, 0.25) is 0 Å². The molecule has 25 heavy (non-hydrogen) atoms. The van der Waals surface area contributed by atoms with Crippen LogP contribution in [0.3, 0.4) is 0 Å². The van der Waals surface area contributed by atoms with Gasteiger partial charge in [0.25, 0.3) is 0 Å². The number of hydrogen-bond donors (Lipinski definition) is 2. The minimum Gasteiger partial charge on any atom is -0.368 e. The Morgan fingerprint density at radius 3 is 2.36 bits per heavy atom. The van der Waals surface area contributed by atoms with E-state index in [1.165, 1.54) is 12.1 Å². The first-order chi connectivity index (χ1) is 12.1. The van der Waals surface area contributed by atoms with Gasteiger partial charge in [-0.15, -0.1) is 0 Å². The number of amides is 2. The van der Waals surface area contributed by atoms with Crippen LogP contribution in [0.5, 0.6) is 0 Å². The van der Waals surface area contributed by atoms with E-state index in [0.29, 0.717) is 45.4 Å². The molecule has 1 fully saturated rings. The van der Waals surface area contributed by atoms with Crippen LogP contribution in [-0.4, -0.2) is 48.1 Å². The molecular weight excluding hydrogens is 325 g/mol. The van der Waals surface area contributed by atoms with Crippen LogP contribution in [-0.2, 0) is 9.59 Å². The first-order valence-electron chi connectivity index (χ1n) is 8.81. The topological polar surface area (TPSA) is 72.9 Å². The van der Waals surface area contributed by atoms with Gasteiger partial charge in [-0.2, -0.15) is 0 Å². The van der Waals surface area contributed by atoms with Crippen LogP contribution in [0, 0.1) is 5.82 Å². The number of nitrogens with one attached hydrogen (secondary N) is 1. The highest BCUT2D eigenvalue weighted by atomic mass is 19.1. The molecule has 1 aromatic carbocycles. The molecule has 7 heteroatoms. The lowest BCUT2D eigenvalue weighted by Gasteiger charge is -2.36. The Labute approximate surface area is 147 Å². The SMILES string of the molecule is O=C(CCCCCCC(=O)N1CCN(c2cccc(F)c2)CC1)NO. The van der Waals surface area contributed by atoms with Crippen LogP contribution in [0.1, 0.15) is 38.5 Å². The Balaban J connectivity index is 1.62. The standard InChI is InChI=1S/C18H26FN3O3/c19-15-6-5-7-16(14-15)21-10-12-22(13-11-21)18(24)9-4-2-1-3-8-17(23)20-25/h5-7,14,25H,1-4,8-13H2,(H,20,23). The lowest BCUT2D eigenvalue weighted by molar-refractivity contribution is -0.132. The second-order valence-electron chi connectivity index (χ2n) is 6.30. The number of carbonyl (C=O) groups is 2. The Bertz CT molecular complexity index is 574. The number of hydrogen-bond acceptors (Lipinski definition) is 4. The van der Waals surface area contributed by atoms with E-state index in [2.05, 4.69) is 4.90 Å². The smallest absolute Gasteiger partial charge is 0.243 e. The molecule has 0 atom stereocenters. The molecule has 0 aliphatic carbocycles. The summed E-state index contributed by atoms with van der Waals surface area (Å²) in [6.07, 6.45) is 4.12. The van der Waals surface area contributed by atoms with E-state index in [0.717, 1.165) is 24.9 Å². The van der Waals surface area contributed by atoms with E-state index in [-0.39, 0.29) is 17.6 Å². The van der Waals surface area contributed by atoms with Crippen molar-refractivity contribution in [2.45, 2.75) is 38.5 Å². The molecule has 2 rings (SSSR count). The second-order valence-corrected chi connectivity index (χ2v) is 6.30. The summed E-state index contributed by atoms with van der Waals surface area (Å²) in [5.41, 5.74) is 2.47. The molecule has 0 unspecified atom stereocenters. The van der Waals surface area contributed by atoms with Gasteiger partial charge in [0.15, 0.2) is 0 Å². The zero-order valence-corrected chi connectivity index (χ0v) is 14.4. The molecular formula is C18H26FN3O3. The van der Waals surface area contributed by atoms with Gasteiger partial charge in [0.05, 0.1) is 0 Å². The van der Waals surface area contributed by atoms with E-state index >= 15 is 0 Å². The van der Waals surface area contributed by atoms with Crippen molar-refractivity contribution in [3.05, 3.63) is 30.1 Å². The van der Waals surface area contributed by atoms with E-state index in [9.17, 15) is 14.0 Å². The number of anilines is 1. The van der Waals surface area contributed by atoms with Crippen LogP contribution in [0.4, 0.5) is 10.1 Å². The molecule has 1 aromatic rings. The molecule has 0 saturated carbocycles. The number of carbonyl (C=O) groups excluding carboxylic acids is 2. The maximum Gasteiger partial charge on any atom is 0.243 e. The Hall–Kier alpha value is -2.15. The predicted molar refractivity (Wildman–Crippen MR) is 92.8 cm³/mol. The summed E-state index contributed by atoms with van der Waals surface area (Å²) in [6.45, 7) is 2.75. The zero-order chi connectivity index (χ0) is 18.1. The van der Waals surface area contributed by atoms with Crippen LogP contribution >= 0.6 is 0 Å². The first kappa shape index (κ1) is 19.2. The normalized spacial score (nSPS) is 14.5. The summed E-state index contributed by atoms with van der Waals surface area (Å²) in [6, 6.07) is 6.54. The summed E-state index contributed by atoms with van der Waals surface area (Å²) >= 11 is 0. The van der Waals surface area contributed by atoms with Gasteiger partial charge in [-0.3, -0.25) is 14.8 Å². The van der Waals surface area contributed by atoms with Gasteiger partial charge in [0.1, 0.15) is 5.82 Å². The van der Waals surface area contributed by atoms with Crippen molar-refractivity contribution < 1.29 is 19.2 Å². The monoisotopic (exact) mass is 351 g/mol. The summed E-state index contributed by atoms with van der Waals surface area (Å²) in [4.78, 5) is 27.1. The molecule has 2 N–H and O–H groups in total. The maximum atomic E-state index is 13.3. The van der Waals surface area contributed by atoms with Crippen LogP contribution in [0.15, 0.2) is 24.3 Å². The van der Waals surface area contributed by atoms with Crippen molar-refractivity contribution >= 4 is 17.5 Å². The summed E-state index contributed by atoms with van der Waals surface area (Å²) < 4.78 is 13.3. The lowest BCUT2D eigenvalue weighted by atomic mass is 10.1. The van der Waals surface area contributed by atoms with E-state index in [1.54, 1.807) is 11.5 Å². The van der Waals surface area contributed by atoms with Gasteiger partial charge in [-0.25, -0.2) is 9.87 Å². The Morgan fingerprint density at radius 1 is 1.04 bits per heavy atom. The molecule has 1 aliphatic heterocycles. The Morgan fingerprint density at radius 2 is 1.72 bits per heavy atom. The Kier molecular flexibility index (Phi) is 7.66. The molecule has 6 nitrogen and oxygen atoms in total. The average molecular weight is 351 g/mol. The molecule has 0 aromatic heterocycles. The first-order valence-corrected chi connectivity index (χ1v) is 8.81. The fourth-order valence-corrected chi connectivity index (χ4v) is 3.02. The van der Waals surface area contributed by atoms with Crippen LogP contribution in [0.25, 0.3) is 0 Å². The van der Waals surface area contributed by atoms with Gasteiger partial charge < -0.3 is 9.80 Å². The molecule has 2 amide bonds. The third kappa shape index (κ3) is 6.34. The number of rotatable bonds is 8. The third-order valence-corrected chi connectivity index (χ3v) is 4.47. The molecule has 1 heterocycles. The number of piperazine rings is 1. The van der Waals surface area contributed by atoms with Crippen molar-refractivity contribution in [2.75, 3.05) is 31.1 Å². The minimum atomic E-state index is -0.368. The summed E-state index contributed by atoms with van der Waals surface area (Å²) in [5, 5.41) is 8.39. The molecule has 0 spiro atoms. The highest BCUT2D eigenvalue weighted by molar-refractivity contribution is 5.76. The number of hydroxylamine groups is 1. The van der Waals surface area contributed by atoms with E-state index in [4.69, 9.17) is 5.21 Å². The summed E-state index contributed by atoms with van der Waals surface area (Å²) in [5.74, 6) is -0.452. The summed E-state index contributed by atoms with van der Waals surface area (Å²) in [7, 11) is 0. The number of nitrogens with zero attached hydrogens (tertiary/aromatic N) is 2. The molecule has 1 aliphatic rings. The lowest BCUT2D eigenvalue weighted by Crippen LogP contribution is -2.48. The quantitative estimate of drug-likeness (QED) is 0.428. The number of unbranched alkanes of at least 4 members (excludes halogenated alkanes) is 3. The zero-order valence-electron chi connectivity index (χ0n) is 14.4. The van der Waals surface area contributed by atoms with Crippen molar-refractivity contribution in [1.82, 2.24) is 10.4 Å². The molecule has 138 valence electrons. The highest BCUT2D eigenvalue weighted by Gasteiger charge is 2.21. The van der Waals surface area contributed by atoms with Gasteiger partial charge >= 0.3 is 0 Å². The van der Waals surface area contributed by atoms with Gasteiger partial charge in [-0.05, 0) is 31.0 Å². The highest BCUT2D eigenvalue weighted by Crippen LogP contribution is 2.18. The third-order valence-electron chi connectivity index (χ3n) is 4.47. The number of benzene rings is 1. The predicted octanol–water partition coefficient (Wildman–Crippen LogP) is 2.32. The minimum absolute atomic E-state index is 0.159. The van der Waals surface area contributed by atoms with Crippen molar-refractivity contribution in [2.24, 2.45) is 0 Å². The number of halogens is 1. The fraction of sp³-hybridized carbons (Fsp3) is 0.556. The molecule has 0 bridgehead atoms. The van der Waals surface area contributed by atoms with Crippen LogP contribution < -0.4 is 10.4 Å². The van der Waals surface area contributed by atoms with Crippen molar-refractivity contribution in [1.29, 1.82) is 0 Å². The van der Waals surface area contributed by atoms with Crippen molar-refractivity contribution in [3.63, 3.8) is 0 Å². The molecule has 1 saturated heterocycles. The maximum absolute atomic E-state index is 13.3. The fourth-order valence-electron chi connectivity index (χ4n) is 3.02. The van der Waals surface area contributed by atoms with Gasteiger partial charge in [0, 0.05) is 44.7 Å². The van der Waals surface area contributed by atoms with Crippen molar-refractivity contribution in [3.8, 4) is 0 Å². The largest absolute Gasteiger partial charge is 0.368 e. The molecule has 0 radical (unpaired) electrons. The van der Waals surface area contributed by atoms with Gasteiger partial charge in [0.2, 0.25) is 11.8 Å². The average Bonchev–Trinajstić information content (AvgIpc) is 2.64.